The first kappa shape index (κ1) is 34.0. The number of urea groups is 1. The van der Waals surface area contributed by atoms with Crippen LogP contribution in [0.5, 0.6) is 0 Å². The van der Waals surface area contributed by atoms with Gasteiger partial charge in [0.05, 0.1) is 24.9 Å². The molecule has 3 N–H and O–H groups in total. The normalized spacial score (nSPS) is 19.6. The standard InChI is InChI=1S/C37H38N6O5S/c1-24(45)31(20-25-10-5-3-6-11-25)39-36(46)38-30-15-9-14-29(21-30)35-47-32(23-49-37-40-41-42-43(37)2)33(27-12-7-4-8-13-27)34(48-35)28-18-16-26(22-44)17-19-28/h3-19,21,31-35,44H,20,22-23H2,1-2H3,(H2,38,39,46)/t31-,32-,33-,34+,35?/m1/s1. The summed E-state index contributed by atoms with van der Waals surface area (Å²) in [6.07, 6.45) is -1.13. The van der Waals surface area contributed by atoms with Gasteiger partial charge in [0.15, 0.2) is 12.1 Å². The molecule has 0 bridgehead atoms. The zero-order valence-corrected chi connectivity index (χ0v) is 28.0. The van der Waals surface area contributed by atoms with Crippen molar-refractivity contribution in [3.8, 4) is 0 Å². The third kappa shape index (κ3) is 8.59. The van der Waals surface area contributed by atoms with E-state index in [1.54, 1.807) is 17.8 Å². The number of nitrogens with zero attached hydrogens (tertiary/aromatic N) is 4. The quantitative estimate of drug-likeness (QED) is 0.141. The van der Waals surface area contributed by atoms with E-state index in [0.29, 0.717) is 28.6 Å². The number of ether oxygens (including phenoxy) is 2. The van der Waals surface area contributed by atoms with Crippen molar-refractivity contribution in [3.05, 3.63) is 137 Å². The average Bonchev–Trinajstić information content (AvgIpc) is 3.55. The molecule has 12 heteroatoms. The third-order valence-corrected chi connectivity index (χ3v) is 9.52. The first-order valence-corrected chi connectivity index (χ1v) is 17.0. The number of amides is 2. The second kappa shape index (κ2) is 16.0. The summed E-state index contributed by atoms with van der Waals surface area (Å²) < 4.78 is 15.2. The van der Waals surface area contributed by atoms with E-state index in [2.05, 4.69) is 38.3 Å². The Morgan fingerprint density at radius 2 is 1.59 bits per heavy atom. The number of benzene rings is 4. The summed E-state index contributed by atoms with van der Waals surface area (Å²) in [5.74, 6) is 0.211. The van der Waals surface area contributed by atoms with E-state index in [1.807, 2.05) is 91.0 Å². The topological polar surface area (TPSA) is 140 Å². The van der Waals surface area contributed by atoms with Crippen LogP contribution in [0.15, 0.2) is 114 Å². The number of anilines is 1. The number of ketones is 1. The number of hydrogen-bond acceptors (Lipinski definition) is 9. The lowest BCUT2D eigenvalue weighted by Crippen LogP contribution is -2.43. The van der Waals surface area contributed by atoms with Crippen LogP contribution < -0.4 is 10.6 Å². The first-order chi connectivity index (χ1) is 23.9. The van der Waals surface area contributed by atoms with E-state index < -0.39 is 24.5 Å². The van der Waals surface area contributed by atoms with Crippen LogP contribution in [0.1, 0.15) is 53.1 Å². The third-order valence-electron chi connectivity index (χ3n) is 8.42. The Morgan fingerprint density at radius 3 is 2.27 bits per heavy atom. The molecule has 1 saturated heterocycles. The van der Waals surface area contributed by atoms with Gasteiger partial charge in [0.1, 0.15) is 0 Å². The summed E-state index contributed by atoms with van der Waals surface area (Å²) in [7, 11) is 1.80. The van der Waals surface area contributed by atoms with Gasteiger partial charge in [-0.25, -0.2) is 9.48 Å². The SMILES string of the molecule is CC(=O)[C@@H](Cc1ccccc1)NC(=O)Nc1cccc(C2O[C@H](CSc3nnnn3C)[C@@H](c3ccccc3)[C@H](c3ccc(CO)cc3)O2)c1. The summed E-state index contributed by atoms with van der Waals surface area (Å²) in [4.78, 5) is 25.5. The molecule has 0 radical (unpaired) electrons. The van der Waals surface area contributed by atoms with Gasteiger partial charge in [0.2, 0.25) is 5.16 Å². The Hall–Kier alpha value is -4.88. The highest BCUT2D eigenvalue weighted by Gasteiger charge is 2.42. The minimum Gasteiger partial charge on any atom is -0.392 e. The number of carbonyl (C=O) groups is 2. The average molecular weight is 679 g/mol. The van der Waals surface area contributed by atoms with E-state index in [0.717, 1.165) is 22.3 Å². The van der Waals surface area contributed by atoms with E-state index in [9.17, 15) is 14.7 Å². The van der Waals surface area contributed by atoms with Gasteiger partial charge in [-0.05, 0) is 58.2 Å². The molecule has 1 unspecified atom stereocenters. The molecule has 5 atom stereocenters. The Labute approximate surface area is 289 Å². The van der Waals surface area contributed by atoms with Crippen LogP contribution in [0.25, 0.3) is 0 Å². The molecule has 11 nitrogen and oxygen atoms in total. The molecule has 2 heterocycles. The number of aryl methyl sites for hydroxylation is 1. The van der Waals surface area contributed by atoms with Crippen LogP contribution in [0.3, 0.4) is 0 Å². The van der Waals surface area contributed by atoms with E-state index in [1.165, 1.54) is 18.7 Å². The summed E-state index contributed by atoms with van der Waals surface area (Å²) in [5.41, 5.74) is 4.99. The number of hydrogen-bond donors (Lipinski definition) is 3. The number of aromatic nitrogens is 4. The number of tetrazole rings is 1. The zero-order chi connectivity index (χ0) is 34.2. The van der Waals surface area contributed by atoms with Crippen LogP contribution in [-0.4, -0.2) is 55.0 Å². The molecule has 1 aromatic heterocycles. The molecule has 1 aliphatic heterocycles. The first-order valence-electron chi connectivity index (χ1n) is 16.0. The minimum atomic E-state index is -0.779. The maximum atomic E-state index is 13.1. The highest BCUT2D eigenvalue weighted by Crippen LogP contribution is 2.48. The lowest BCUT2D eigenvalue weighted by atomic mass is 9.84. The molecule has 49 heavy (non-hydrogen) atoms. The maximum Gasteiger partial charge on any atom is 0.319 e. The molecule has 2 amide bonds. The van der Waals surface area contributed by atoms with Crippen molar-refractivity contribution in [1.29, 1.82) is 0 Å². The van der Waals surface area contributed by atoms with Crippen molar-refractivity contribution < 1.29 is 24.2 Å². The summed E-state index contributed by atoms with van der Waals surface area (Å²) in [6, 6.07) is 33.6. The monoisotopic (exact) mass is 678 g/mol. The summed E-state index contributed by atoms with van der Waals surface area (Å²) in [6.45, 7) is 1.41. The van der Waals surface area contributed by atoms with Gasteiger partial charge >= 0.3 is 6.03 Å². The number of nitrogens with one attached hydrogen (secondary N) is 2. The molecule has 4 aromatic carbocycles. The molecule has 0 spiro atoms. The number of aliphatic hydroxyl groups excluding tert-OH is 1. The second-order valence-corrected chi connectivity index (χ2v) is 12.9. The van der Waals surface area contributed by atoms with Crippen LogP contribution in [-0.2, 0) is 34.3 Å². The van der Waals surface area contributed by atoms with Crippen molar-refractivity contribution in [2.45, 2.75) is 55.6 Å². The van der Waals surface area contributed by atoms with Gasteiger partial charge in [0.25, 0.3) is 0 Å². The Morgan fingerprint density at radius 1 is 0.878 bits per heavy atom. The second-order valence-electron chi connectivity index (χ2n) is 11.9. The van der Waals surface area contributed by atoms with Gasteiger partial charge in [-0.3, -0.25) is 4.79 Å². The van der Waals surface area contributed by atoms with Crippen LogP contribution in [0, 0.1) is 0 Å². The van der Waals surface area contributed by atoms with E-state index in [4.69, 9.17) is 9.47 Å². The number of aliphatic hydroxyl groups is 1. The Bertz CT molecular complexity index is 1840. The van der Waals surface area contributed by atoms with E-state index in [-0.39, 0.29) is 24.4 Å². The van der Waals surface area contributed by atoms with Gasteiger partial charge < -0.3 is 25.2 Å². The number of rotatable bonds is 12. The van der Waals surface area contributed by atoms with Gasteiger partial charge in [-0.2, -0.15) is 0 Å². The van der Waals surface area contributed by atoms with E-state index >= 15 is 0 Å². The van der Waals surface area contributed by atoms with Crippen molar-refractivity contribution in [3.63, 3.8) is 0 Å². The number of carbonyl (C=O) groups excluding carboxylic acids is 2. The molecule has 1 fully saturated rings. The van der Waals surface area contributed by atoms with Crippen molar-refractivity contribution in [2.24, 2.45) is 7.05 Å². The smallest absolute Gasteiger partial charge is 0.319 e. The lowest BCUT2D eigenvalue weighted by Gasteiger charge is -2.43. The predicted octanol–water partition coefficient (Wildman–Crippen LogP) is 5.76. The van der Waals surface area contributed by atoms with Crippen LogP contribution in [0.4, 0.5) is 10.5 Å². The molecular weight excluding hydrogens is 641 g/mol. The van der Waals surface area contributed by atoms with Crippen LogP contribution >= 0.6 is 11.8 Å². The summed E-state index contributed by atoms with van der Waals surface area (Å²) in [5, 5.41) is 28.0. The largest absolute Gasteiger partial charge is 0.392 e. The van der Waals surface area contributed by atoms with Crippen molar-refractivity contribution in [2.75, 3.05) is 11.1 Å². The maximum absolute atomic E-state index is 13.1. The predicted molar refractivity (Wildman–Crippen MR) is 186 cm³/mol. The number of Topliss-reactive ketones (excluding diaryl/α,β-unsaturated/α-hetero) is 1. The van der Waals surface area contributed by atoms with Gasteiger partial charge in [-0.1, -0.05) is 109 Å². The fourth-order valence-electron chi connectivity index (χ4n) is 5.89. The Kier molecular flexibility index (Phi) is 11.1. The van der Waals surface area contributed by atoms with Crippen molar-refractivity contribution >= 4 is 29.3 Å². The van der Waals surface area contributed by atoms with Crippen LogP contribution in [0.2, 0.25) is 0 Å². The molecule has 6 rings (SSSR count). The molecule has 5 aromatic rings. The zero-order valence-electron chi connectivity index (χ0n) is 27.2. The highest BCUT2D eigenvalue weighted by molar-refractivity contribution is 7.99. The molecule has 1 aliphatic rings. The molecule has 252 valence electrons. The van der Waals surface area contributed by atoms with Gasteiger partial charge in [0, 0.05) is 30.0 Å². The lowest BCUT2D eigenvalue weighted by molar-refractivity contribution is -0.255. The summed E-state index contributed by atoms with van der Waals surface area (Å²) >= 11 is 1.50. The Balaban J connectivity index is 1.26. The fourth-order valence-corrected chi connectivity index (χ4v) is 6.80. The molecule has 0 saturated carbocycles. The molecule has 0 aliphatic carbocycles. The molecular formula is C37H38N6O5S. The fraction of sp³-hybridized carbons (Fsp3) is 0.270. The number of thioether (sulfide) groups is 1. The minimum absolute atomic E-state index is 0.0581. The van der Waals surface area contributed by atoms with Crippen molar-refractivity contribution in [1.82, 2.24) is 25.5 Å². The highest BCUT2D eigenvalue weighted by atomic mass is 32.2. The van der Waals surface area contributed by atoms with Gasteiger partial charge in [-0.15, -0.1) is 5.10 Å².